The maximum absolute atomic E-state index is 12.7. The van der Waals surface area contributed by atoms with Gasteiger partial charge in [-0.15, -0.1) is 0 Å². The minimum atomic E-state index is -0.551. The van der Waals surface area contributed by atoms with Gasteiger partial charge in [-0.05, 0) is 35.4 Å². The average Bonchev–Trinajstić information content (AvgIpc) is 2.14. The molecule has 15 heavy (non-hydrogen) atoms. The Labute approximate surface area is 96.8 Å². The second kappa shape index (κ2) is 5.69. The molecule has 0 saturated carbocycles. The monoisotopic (exact) mass is 244 g/mol. The van der Waals surface area contributed by atoms with Crippen molar-refractivity contribution in [1.29, 1.82) is 0 Å². The van der Waals surface area contributed by atoms with Crippen LogP contribution in [-0.4, -0.2) is 5.24 Å². The number of carbonyl (C=O) groups excluding carboxylic acids is 1. The fourth-order valence-electron chi connectivity index (χ4n) is 0.927. The molecule has 1 aromatic rings. The van der Waals surface area contributed by atoms with Crippen LogP contribution < -0.4 is 0 Å². The van der Waals surface area contributed by atoms with Gasteiger partial charge in [0.1, 0.15) is 5.82 Å². The molecule has 4 heteroatoms. The number of hydrogen-bond donors (Lipinski definition) is 0. The summed E-state index contributed by atoms with van der Waals surface area (Å²) in [5, 5.41) is -0.235. The van der Waals surface area contributed by atoms with Crippen LogP contribution in [0.1, 0.15) is 5.56 Å². The Hall–Kier alpha value is -1.12. The summed E-state index contributed by atoms with van der Waals surface area (Å²) in [6.45, 7) is 0. The standard InChI is InChI=1S/C11H7Cl2FO/c12-10-7-9(14)6-5-8(10)3-1-2-4-11(13)15/h1-7H/b3-1+,4-2+. The van der Waals surface area contributed by atoms with Crippen molar-refractivity contribution in [3.05, 3.63) is 52.8 Å². The number of allylic oxidation sites excluding steroid dienone is 3. The van der Waals surface area contributed by atoms with E-state index in [1.807, 2.05) is 0 Å². The first kappa shape index (κ1) is 12.0. The highest BCUT2D eigenvalue weighted by molar-refractivity contribution is 6.66. The van der Waals surface area contributed by atoms with E-state index in [1.54, 1.807) is 18.2 Å². The smallest absolute Gasteiger partial charge is 0.245 e. The summed E-state index contributed by atoms with van der Waals surface area (Å²) in [6.07, 6.45) is 5.93. The van der Waals surface area contributed by atoms with Crippen LogP contribution in [-0.2, 0) is 4.79 Å². The molecule has 0 spiro atoms. The van der Waals surface area contributed by atoms with Gasteiger partial charge >= 0.3 is 0 Å². The van der Waals surface area contributed by atoms with Crippen LogP contribution in [0.15, 0.2) is 36.4 Å². The van der Waals surface area contributed by atoms with Gasteiger partial charge in [0, 0.05) is 0 Å². The van der Waals surface area contributed by atoms with Crippen molar-refractivity contribution in [2.24, 2.45) is 0 Å². The normalized spacial score (nSPS) is 11.4. The Morgan fingerprint density at radius 2 is 2.07 bits per heavy atom. The van der Waals surface area contributed by atoms with Crippen LogP contribution in [0.5, 0.6) is 0 Å². The lowest BCUT2D eigenvalue weighted by Crippen LogP contribution is -1.78. The number of carbonyl (C=O) groups is 1. The molecule has 78 valence electrons. The zero-order valence-corrected chi connectivity index (χ0v) is 9.10. The molecule has 1 aromatic carbocycles. The van der Waals surface area contributed by atoms with Crippen LogP contribution in [0.25, 0.3) is 6.08 Å². The fraction of sp³-hybridized carbons (Fsp3) is 0. The molecule has 0 atom stereocenters. The van der Waals surface area contributed by atoms with E-state index in [0.29, 0.717) is 10.6 Å². The molecule has 0 bridgehead atoms. The first-order valence-corrected chi connectivity index (χ1v) is 4.84. The topological polar surface area (TPSA) is 17.1 Å². The predicted molar refractivity (Wildman–Crippen MR) is 60.4 cm³/mol. The molecule has 0 radical (unpaired) electrons. The van der Waals surface area contributed by atoms with Crippen molar-refractivity contribution in [3.63, 3.8) is 0 Å². The Morgan fingerprint density at radius 1 is 1.33 bits per heavy atom. The molecule has 1 rings (SSSR count). The maximum atomic E-state index is 12.7. The second-order valence-corrected chi connectivity index (χ2v) is 3.47. The summed E-state index contributed by atoms with van der Waals surface area (Å²) in [7, 11) is 0. The molecular formula is C11H7Cl2FO. The van der Waals surface area contributed by atoms with Crippen LogP contribution in [0, 0.1) is 5.82 Å². The van der Waals surface area contributed by atoms with Crippen molar-refractivity contribution < 1.29 is 9.18 Å². The number of rotatable bonds is 3. The van der Waals surface area contributed by atoms with Crippen LogP contribution in [0.4, 0.5) is 4.39 Å². The van der Waals surface area contributed by atoms with Crippen LogP contribution in [0.2, 0.25) is 5.02 Å². The van der Waals surface area contributed by atoms with Crippen molar-refractivity contribution in [2.45, 2.75) is 0 Å². The number of hydrogen-bond acceptors (Lipinski definition) is 1. The number of benzene rings is 1. The van der Waals surface area contributed by atoms with Gasteiger partial charge in [0.25, 0.3) is 0 Å². The highest BCUT2D eigenvalue weighted by Crippen LogP contribution is 2.18. The predicted octanol–water partition coefficient (Wildman–Crippen LogP) is 3.81. The third kappa shape index (κ3) is 4.28. The highest BCUT2D eigenvalue weighted by Gasteiger charge is 1.97. The fourth-order valence-corrected chi connectivity index (χ4v) is 1.23. The quantitative estimate of drug-likeness (QED) is 0.449. The van der Waals surface area contributed by atoms with E-state index < -0.39 is 5.24 Å². The molecule has 0 fully saturated rings. The van der Waals surface area contributed by atoms with Crippen molar-refractivity contribution in [2.75, 3.05) is 0 Å². The number of halogens is 3. The van der Waals surface area contributed by atoms with Gasteiger partial charge in [0.05, 0.1) is 5.02 Å². The zero-order chi connectivity index (χ0) is 11.3. The van der Waals surface area contributed by atoms with E-state index in [9.17, 15) is 9.18 Å². The summed E-state index contributed by atoms with van der Waals surface area (Å²) in [5.41, 5.74) is 0.671. The summed E-state index contributed by atoms with van der Waals surface area (Å²) < 4.78 is 12.7. The van der Waals surface area contributed by atoms with Crippen molar-refractivity contribution in [1.82, 2.24) is 0 Å². The average molecular weight is 245 g/mol. The molecule has 0 heterocycles. The third-order valence-electron chi connectivity index (χ3n) is 1.58. The summed E-state index contributed by atoms with van der Waals surface area (Å²) in [6, 6.07) is 4.07. The van der Waals surface area contributed by atoms with Crippen molar-refractivity contribution in [3.8, 4) is 0 Å². The second-order valence-electron chi connectivity index (χ2n) is 2.69. The lowest BCUT2D eigenvalue weighted by molar-refractivity contribution is -0.107. The lowest BCUT2D eigenvalue weighted by Gasteiger charge is -1.96. The van der Waals surface area contributed by atoms with Crippen molar-refractivity contribution >= 4 is 34.5 Å². The molecule has 0 aromatic heterocycles. The summed E-state index contributed by atoms with van der Waals surface area (Å²) in [5.74, 6) is -0.386. The molecule has 1 nitrogen and oxygen atoms in total. The molecule has 0 unspecified atom stereocenters. The van der Waals surface area contributed by atoms with Gasteiger partial charge in [-0.3, -0.25) is 4.79 Å². The van der Waals surface area contributed by atoms with Gasteiger partial charge in [0.15, 0.2) is 0 Å². The first-order valence-electron chi connectivity index (χ1n) is 4.09. The Bertz CT molecular complexity index is 425. The van der Waals surface area contributed by atoms with E-state index in [2.05, 4.69) is 0 Å². The van der Waals surface area contributed by atoms with E-state index in [0.717, 1.165) is 0 Å². The Kier molecular flexibility index (Phi) is 4.53. The Balaban J connectivity index is 2.77. The summed E-state index contributed by atoms with van der Waals surface area (Å²) >= 11 is 10.8. The molecule has 0 amide bonds. The van der Waals surface area contributed by atoms with Gasteiger partial charge in [0.2, 0.25) is 5.24 Å². The van der Waals surface area contributed by atoms with E-state index >= 15 is 0 Å². The van der Waals surface area contributed by atoms with Crippen LogP contribution in [0.3, 0.4) is 0 Å². The maximum Gasteiger partial charge on any atom is 0.245 e. The molecule has 0 aliphatic rings. The largest absolute Gasteiger partial charge is 0.276 e. The summed E-state index contributed by atoms with van der Waals surface area (Å²) in [4.78, 5) is 10.3. The third-order valence-corrected chi connectivity index (χ3v) is 2.03. The minimum absolute atomic E-state index is 0.317. The zero-order valence-electron chi connectivity index (χ0n) is 7.58. The van der Waals surface area contributed by atoms with Gasteiger partial charge in [-0.25, -0.2) is 4.39 Å². The van der Waals surface area contributed by atoms with E-state index in [1.165, 1.54) is 24.3 Å². The highest BCUT2D eigenvalue weighted by atomic mass is 35.5. The molecule has 0 saturated heterocycles. The Morgan fingerprint density at radius 3 is 2.67 bits per heavy atom. The van der Waals surface area contributed by atoms with Gasteiger partial charge in [-0.1, -0.05) is 35.9 Å². The molecule has 0 N–H and O–H groups in total. The molecule has 0 aliphatic heterocycles. The van der Waals surface area contributed by atoms with E-state index in [-0.39, 0.29) is 5.82 Å². The van der Waals surface area contributed by atoms with E-state index in [4.69, 9.17) is 23.2 Å². The molecular weight excluding hydrogens is 238 g/mol. The van der Waals surface area contributed by atoms with Gasteiger partial charge in [-0.2, -0.15) is 0 Å². The first-order chi connectivity index (χ1) is 7.09. The van der Waals surface area contributed by atoms with Gasteiger partial charge < -0.3 is 0 Å². The van der Waals surface area contributed by atoms with Crippen LogP contribution >= 0.6 is 23.2 Å². The lowest BCUT2D eigenvalue weighted by atomic mass is 10.2. The minimum Gasteiger partial charge on any atom is -0.276 e. The SMILES string of the molecule is O=C(Cl)/C=C/C=C/c1ccc(F)cc1Cl. The molecule has 0 aliphatic carbocycles.